The number of methoxy groups -OCH3 is 1. The largest absolute Gasteiger partial charge is 0.392 e. The van der Waals surface area contributed by atoms with Crippen molar-refractivity contribution in [3.05, 3.63) is 29.6 Å². The summed E-state index contributed by atoms with van der Waals surface area (Å²) in [4.78, 5) is -0.000275. The monoisotopic (exact) mass is 303 g/mol. The fourth-order valence-corrected chi connectivity index (χ4v) is 3.86. The maximum Gasteiger partial charge on any atom is 0.243 e. The molecule has 7 heteroatoms. The molecule has 0 radical (unpaired) electrons. The molecule has 112 valence electrons. The number of aliphatic hydroxyl groups is 1. The predicted molar refractivity (Wildman–Crippen MR) is 71.1 cm³/mol. The lowest BCUT2D eigenvalue weighted by Gasteiger charge is -2.31. The van der Waals surface area contributed by atoms with E-state index in [0.717, 1.165) is 18.9 Å². The van der Waals surface area contributed by atoms with E-state index >= 15 is 0 Å². The zero-order valence-corrected chi connectivity index (χ0v) is 12.1. The summed E-state index contributed by atoms with van der Waals surface area (Å²) < 4.78 is 44.9. The van der Waals surface area contributed by atoms with Gasteiger partial charge in [0.1, 0.15) is 5.82 Å². The SMILES string of the molecule is COC1CCCN(S(=O)(=O)c2ccc(F)c(CO)c2)C1. The van der Waals surface area contributed by atoms with E-state index < -0.39 is 22.4 Å². The minimum Gasteiger partial charge on any atom is -0.392 e. The number of ether oxygens (including phenoxy) is 1. The first kappa shape index (κ1) is 15.4. The van der Waals surface area contributed by atoms with Crippen LogP contribution >= 0.6 is 0 Å². The zero-order chi connectivity index (χ0) is 14.8. The van der Waals surface area contributed by atoms with Gasteiger partial charge in [0.05, 0.1) is 17.6 Å². The Hall–Kier alpha value is -1.02. The number of hydrogen-bond acceptors (Lipinski definition) is 4. The second kappa shape index (κ2) is 6.17. The highest BCUT2D eigenvalue weighted by Crippen LogP contribution is 2.23. The lowest BCUT2D eigenvalue weighted by Crippen LogP contribution is -2.42. The summed E-state index contributed by atoms with van der Waals surface area (Å²) in [5.41, 5.74) is -0.0219. The first-order valence-electron chi connectivity index (χ1n) is 6.41. The molecule has 1 heterocycles. The lowest BCUT2D eigenvalue weighted by molar-refractivity contribution is 0.0572. The van der Waals surface area contributed by atoms with Gasteiger partial charge in [-0.3, -0.25) is 0 Å². The normalized spacial score (nSPS) is 21.1. The summed E-state index contributed by atoms with van der Waals surface area (Å²) in [6.07, 6.45) is 1.44. The summed E-state index contributed by atoms with van der Waals surface area (Å²) in [6, 6.07) is 3.47. The minimum atomic E-state index is -3.68. The van der Waals surface area contributed by atoms with E-state index in [1.165, 1.54) is 16.4 Å². The molecule has 1 saturated heterocycles. The topological polar surface area (TPSA) is 66.8 Å². The van der Waals surface area contributed by atoms with Gasteiger partial charge in [-0.2, -0.15) is 4.31 Å². The Morgan fingerprint density at radius 3 is 2.90 bits per heavy atom. The molecule has 0 aliphatic carbocycles. The smallest absolute Gasteiger partial charge is 0.243 e. The summed E-state index contributed by atoms with van der Waals surface area (Å²) in [6.45, 7) is 0.189. The molecule has 1 aliphatic rings. The molecule has 0 bridgehead atoms. The summed E-state index contributed by atoms with van der Waals surface area (Å²) in [5, 5.41) is 9.03. The van der Waals surface area contributed by atoms with Crippen LogP contribution in [0.25, 0.3) is 0 Å². The van der Waals surface area contributed by atoms with Gasteiger partial charge in [0.25, 0.3) is 0 Å². The molecule has 1 unspecified atom stereocenters. The average Bonchev–Trinajstić information content (AvgIpc) is 2.47. The van der Waals surface area contributed by atoms with E-state index in [1.807, 2.05) is 0 Å². The maximum atomic E-state index is 13.3. The molecule has 1 N–H and O–H groups in total. The number of piperidine rings is 1. The van der Waals surface area contributed by atoms with Gasteiger partial charge in [-0.05, 0) is 31.0 Å². The molecule has 5 nitrogen and oxygen atoms in total. The highest BCUT2D eigenvalue weighted by Gasteiger charge is 2.30. The van der Waals surface area contributed by atoms with Gasteiger partial charge < -0.3 is 9.84 Å². The van der Waals surface area contributed by atoms with E-state index in [0.29, 0.717) is 13.1 Å². The number of nitrogens with zero attached hydrogens (tertiary/aromatic N) is 1. The van der Waals surface area contributed by atoms with Crippen LogP contribution in [0.3, 0.4) is 0 Å². The lowest BCUT2D eigenvalue weighted by atomic mass is 10.1. The third-order valence-electron chi connectivity index (χ3n) is 3.50. The Morgan fingerprint density at radius 1 is 1.50 bits per heavy atom. The van der Waals surface area contributed by atoms with E-state index in [4.69, 9.17) is 9.84 Å². The third kappa shape index (κ3) is 3.01. The molecule has 1 atom stereocenters. The van der Waals surface area contributed by atoms with Crippen LogP contribution in [-0.2, 0) is 21.4 Å². The predicted octanol–water partition coefficient (Wildman–Crippen LogP) is 1.12. The van der Waals surface area contributed by atoms with E-state index in [9.17, 15) is 12.8 Å². The maximum absolute atomic E-state index is 13.3. The summed E-state index contributed by atoms with van der Waals surface area (Å²) in [7, 11) is -2.12. The zero-order valence-electron chi connectivity index (χ0n) is 11.3. The number of hydrogen-bond donors (Lipinski definition) is 1. The second-order valence-corrected chi connectivity index (χ2v) is 6.71. The molecular weight excluding hydrogens is 285 g/mol. The van der Waals surface area contributed by atoms with Crippen LogP contribution in [0.1, 0.15) is 18.4 Å². The van der Waals surface area contributed by atoms with Crippen LogP contribution in [0.15, 0.2) is 23.1 Å². The summed E-state index contributed by atoms with van der Waals surface area (Å²) in [5.74, 6) is -0.611. The van der Waals surface area contributed by atoms with Crippen molar-refractivity contribution in [2.75, 3.05) is 20.2 Å². The molecule has 2 rings (SSSR count). The number of benzene rings is 1. The first-order valence-corrected chi connectivity index (χ1v) is 7.85. The molecule has 0 spiro atoms. The van der Waals surface area contributed by atoms with Crippen LogP contribution in [0.4, 0.5) is 4.39 Å². The van der Waals surface area contributed by atoms with E-state index in [-0.39, 0.29) is 16.6 Å². The molecule has 1 aromatic carbocycles. The number of sulfonamides is 1. The molecular formula is C13H18FNO4S. The van der Waals surface area contributed by atoms with Gasteiger partial charge >= 0.3 is 0 Å². The molecule has 0 saturated carbocycles. The van der Waals surface area contributed by atoms with Crippen molar-refractivity contribution in [2.45, 2.75) is 30.4 Å². The van der Waals surface area contributed by atoms with Crippen LogP contribution in [0, 0.1) is 5.82 Å². The number of rotatable bonds is 4. The third-order valence-corrected chi connectivity index (χ3v) is 5.36. The first-order chi connectivity index (χ1) is 9.48. The van der Waals surface area contributed by atoms with Crippen molar-refractivity contribution in [1.82, 2.24) is 4.31 Å². The van der Waals surface area contributed by atoms with Crippen molar-refractivity contribution in [3.63, 3.8) is 0 Å². The van der Waals surface area contributed by atoms with Gasteiger partial charge in [0.15, 0.2) is 0 Å². The van der Waals surface area contributed by atoms with Gasteiger partial charge in [-0.1, -0.05) is 0 Å². The van der Waals surface area contributed by atoms with Crippen LogP contribution < -0.4 is 0 Å². The van der Waals surface area contributed by atoms with Gasteiger partial charge in [-0.25, -0.2) is 12.8 Å². The fraction of sp³-hybridized carbons (Fsp3) is 0.538. The minimum absolute atomic E-state index is 0.000275. The molecule has 1 fully saturated rings. The summed E-state index contributed by atoms with van der Waals surface area (Å²) >= 11 is 0. The van der Waals surface area contributed by atoms with Crippen LogP contribution in [0.2, 0.25) is 0 Å². The Labute approximate surface area is 118 Å². The van der Waals surface area contributed by atoms with Crippen molar-refractivity contribution < 1.29 is 22.7 Å². The van der Waals surface area contributed by atoms with Crippen molar-refractivity contribution in [1.29, 1.82) is 0 Å². The number of aliphatic hydroxyl groups excluding tert-OH is 1. The standard InChI is InChI=1S/C13H18FNO4S/c1-19-11-3-2-6-15(8-11)20(17,18)12-4-5-13(14)10(7-12)9-16/h4-5,7,11,16H,2-3,6,8-9H2,1H3. The van der Waals surface area contributed by atoms with Crippen molar-refractivity contribution in [3.8, 4) is 0 Å². The molecule has 20 heavy (non-hydrogen) atoms. The quantitative estimate of drug-likeness (QED) is 0.905. The van der Waals surface area contributed by atoms with Crippen LogP contribution in [-0.4, -0.2) is 44.1 Å². The molecule has 1 aliphatic heterocycles. The Bertz CT molecular complexity index is 576. The molecule has 0 aromatic heterocycles. The molecule has 0 amide bonds. The van der Waals surface area contributed by atoms with Gasteiger partial charge in [0.2, 0.25) is 10.0 Å². The Kier molecular flexibility index (Phi) is 4.74. The van der Waals surface area contributed by atoms with Gasteiger partial charge in [-0.15, -0.1) is 0 Å². The van der Waals surface area contributed by atoms with Crippen LogP contribution in [0.5, 0.6) is 0 Å². The Balaban J connectivity index is 2.30. The number of halogens is 1. The van der Waals surface area contributed by atoms with Gasteiger partial charge in [0, 0.05) is 25.8 Å². The van der Waals surface area contributed by atoms with Crippen molar-refractivity contribution in [2.24, 2.45) is 0 Å². The molecule has 1 aromatic rings. The van der Waals surface area contributed by atoms with E-state index in [1.54, 1.807) is 7.11 Å². The van der Waals surface area contributed by atoms with Crippen molar-refractivity contribution >= 4 is 10.0 Å². The highest BCUT2D eigenvalue weighted by molar-refractivity contribution is 7.89. The average molecular weight is 303 g/mol. The highest BCUT2D eigenvalue weighted by atomic mass is 32.2. The second-order valence-electron chi connectivity index (χ2n) is 4.77. The van der Waals surface area contributed by atoms with E-state index in [2.05, 4.69) is 0 Å². The fourth-order valence-electron chi connectivity index (χ4n) is 2.30. The Morgan fingerprint density at radius 2 is 2.25 bits per heavy atom.